The molecule has 12 rings (SSSR count). The summed E-state index contributed by atoms with van der Waals surface area (Å²) < 4.78 is 0. The van der Waals surface area contributed by atoms with Crippen molar-refractivity contribution in [2.75, 3.05) is 9.80 Å². The minimum atomic E-state index is -2.12. The van der Waals surface area contributed by atoms with Gasteiger partial charge in [-0.1, -0.05) is 172 Å². The molecule has 0 bridgehead atoms. The van der Waals surface area contributed by atoms with Crippen LogP contribution in [0.1, 0.15) is 72.2 Å². The van der Waals surface area contributed by atoms with Gasteiger partial charge in [0.1, 0.15) is 8.07 Å². The van der Waals surface area contributed by atoms with Crippen molar-refractivity contribution in [1.82, 2.24) is 0 Å². The van der Waals surface area contributed by atoms with Gasteiger partial charge in [0.15, 0.2) is 0 Å². The maximum atomic E-state index is 2.56. The van der Waals surface area contributed by atoms with Crippen molar-refractivity contribution in [1.29, 1.82) is 0 Å². The summed E-state index contributed by atoms with van der Waals surface area (Å²) in [6.07, 6.45) is 1.96. The normalized spacial score (nSPS) is 15.8. The van der Waals surface area contributed by atoms with Crippen LogP contribution < -0.4 is 20.2 Å². The highest BCUT2D eigenvalue weighted by atomic mass is 28.3. The highest BCUT2D eigenvalue weighted by molar-refractivity contribution is 7.00. The monoisotopic (exact) mass is 802 g/mol. The number of para-hydroxylation sites is 4. The van der Waals surface area contributed by atoms with Crippen molar-refractivity contribution in [2.45, 2.75) is 64.5 Å². The van der Waals surface area contributed by atoms with Gasteiger partial charge in [0.25, 0.3) is 0 Å². The van der Waals surface area contributed by atoms with Gasteiger partial charge in [-0.05, 0) is 128 Å². The van der Waals surface area contributed by atoms with E-state index in [0.29, 0.717) is 0 Å². The van der Waals surface area contributed by atoms with Crippen molar-refractivity contribution >= 4 is 52.6 Å². The van der Waals surface area contributed by atoms with E-state index < -0.39 is 8.07 Å². The van der Waals surface area contributed by atoms with Crippen LogP contribution in [-0.2, 0) is 23.7 Å². The molecule has 8 aromatic rings. The maximum Gasteiger partial charge on any atom is 0.112 e. The Morgan fingerprint density at radius 1 is 0.361 bits per heavy atom. The van der Waals surface area contributed by atoms with Crippen LogP contribution in [-0.4, -0.2) is 8.07 Å². The van der Waals surface area contributed by atoms with Crippen LogP contribution in [0.5, 0.6) is 0 Å². The maximum absolute atomic E-state index is 2.56. The lowest BCUT2D eigenvalue weighted by Crippen LogP contribution is -2.52. The first-order chi connectivity index (χ1) is 29.5. The van der Waals surface area contributed by atoms with Crippen LogP contribution in [0.3, 0.4) is 0 Å². The number of hydrogen-bond acceptors (Lipinski definition) is 2. The fourth-order valence-electron chi connectivity index (χ4n) is 11.4. The second kappa shape index (κ2) is 12.8. The lowest BCUT2D eigenvalue weighted by molar-refractivity contribution is 0.632. The fourth-order valence-corrected chi connectivity index (χ4v) is 13.8. The van der Waals surface area contributed by atoms with E-state index in [2.05, 4.69) is 220 Å². The van der Waals surface area contributed by atoms with Gasteiger partial charge in [-0.15, -0.1) is 0 Å². The van der Waals surface area contributed by atoms with E-state index in [1.165, 1.54) is 111 Å². The molecule has 0 amide bonds. The summed E-state index contributed by atoms with van der Waals surface area (Å²) in [6, 6.07) is 65.1. The Labute approximate surface area is 361 Å². The van der Waals surface area contributed by atoms with E-state index in [1.54, 1.807) is 0 Å². The van der Waals surface area contributed by atoms with Crippen molar-refractivity contribution in [2.24, 2.45) is 0 Å². The average Bonchev–Trinajstić information content (AvgIpc) is 3.84. The van der Waals surface area contributed by atoms with Crippen molar-refractivity contribution < 1.29 is 0 Å². The minimum absolute atomic E-state index is 0.0801. The highest BCUT2D eigenvalue weighted by Gasteiger charge is 2.39. The molecule has 2 aliphatic heterocycles. The zero-order chi connectivity index (χ0) is 41.4. The molecule has 0 saturated heterocycles. The molecule has 0 spiro atoms. The van der Waals surface area contributed by atoms with Crippen molar-refractivity contribution in [3.05, 3.63) is 214 Å². The molecular weight excluding hydrogens is 753 g/mol. The third-order valence-corrected chi connectivity index (χ3v) is 18.5. The largest absolute Gasteiger partial charge is 0.310 e. The smallest absolute Gasteiger partial charge is 0.112 e. The van der Waals surface area contributed by atoms with Gasteiger partial charge in [0, 0.05) is 22.2 Å². The number of fused-ring (bicyclic) bond motifs is 10. The molecule has 2 nitrogen and oxygen atoms in total. The summed E-state index contributed by atoms with van der Waals surface area (Å²) in [6.45, 7) is 14.5. The number of rotatable bonds is 4. The van der Waals surface area contributed by atoms with E-state index >= 15 is 0 Å². The predicted molar refractivity (Wildman–Crippen MR) is 260 cm³/mol. The Hall–Kier alpha value is -6.42. The van der Waals surface area contributed by atoms with Gasteiger partial charge in [-0.2, -0.15) is 0 Å². The zero-order valence-electron chi connectivity index (χ0n) is 36.0. The number of hydrogen-bond donors (Lipinski definition) is 0. The van der Waals surface area contributed by atoms with Crippen LogP contribution in [0.25, 0.3) is 22.3 Å². The summed E-state index contributed by atoms with van der Waals surface area (Å²) in [5, 5.41) is 2.96. The van der Waals surface area contributed by atoms with Gasteiger partial charge in [0.05, 0.1) is 22.7 Å². The molecule has 2 heterocycles. The van der Waals surface area contributed by atoms with Crippen LogP contribution in [0, 0.1) is 0 Å². The fraction of sp³-hybridized carbons (Fsp3) is 0.172. The Morgan fingerprint density at radius 2 is 0.656 bits per heavy atom. The van der Waals surface area contributed by atoms with Crippen LogP contribution in [0.4, 0.5) is 34.1 Å². The standard InChI is InChI=1S/C58H50N2Si/c1-57(2)49-15-7-11-19-53(49)59(54-20-12-8-16-50(54)57)41-27-23-37-31-39-25-29-43(35-47(39)45(37)33-41)61(5,6)44-30-26-40-32-38-24-28-42(34-46(38)48(40)36-44)60-55-21-13-9-17-51(55)58(3,4)52-18-10-14-22-56(52)60/h7-30,33-36H,31-32H2,1-6H3. The predicted octanol–water partition coefficient (Wildman–Crippen LogP) is 13.9. The van der Waals surface area contributed by atoms with Crippen LogP contribution >= 0.6 is 0 Å². The Bertz CT molecular complexity index is 2840. The molecule has 0 N–H and O–H groups in total. The quantitative estimate of drug-likeness (QED) is 0.164. The third kappa shape index (κ3) is 5.20. The molecule has 0 atom stereocenters. The Balaban J connectivity index is 0.915. The van der Waals surface area contributed by atoms with Gasteiger partial charge < -0.3 is 9.80 Å². The van der Waals surface area contributed by atoms with Crippen LogP contribution in [0.2, 0.25) is 13.1 Å². The van der Waals surface area contributed by atoms with Gasteiger partial charge in [-0.25, -0.2) is 0 Å². The van der Waals surface area contributed by atoms with E-state index in [4.69, 9.17) is 0 Å². The molecule has 61 heavy (non-hydrogen) atoms. The molecule has 4 aliphatic rings. The van der Waals surface area contributed by atoms with Gasteiger partial charge in [-0.3, -0.25) is 0 Å². The summed E-state index contributed by atoms with van der Waals surface area (Å²) in [4.78, 5) is 4.99. The minimum Gasteiger partial charge on any atom is -0.310 e. The lowest BCUT2D eigenvalue weighted by atomic mass is 9.73. The first-order valence-electron chi connectivity index (χ1n) is 22.0. The van der Waals surface area contributed by atoms with Gasteiger partial charge >= 0.3 is 0 Å². The average molecular weight is 803 g/mol. The topological polar surface area (TPSA) is 6.48 Å². The summed E-state index contributed by atoms with van der Waals surface area (Å²) in [5.41, 5.74) is 24.1. The molecule has 0 aromatic heterocycles. The number of anilines is 6. The molecule has 296 valence electrons. The van der Waals surface area contributed by atoms with Crippen molar-refractivity contribution in [3.63, 3.8) is 0 Å². The van der Waals surface area contributed by atoms with Gasteiger partial charge in [0.2, 0.25) is 0 Å². The molecule has 0 saturated carbocycles. The Kier molecular flexibility index (Phi) is 7.64. The molecule has 0 unspecified atom stereocenters. The van der Waals surface area contributed by atoms with Crippen molar-refractivity contribution in [3.8, 4) is 22.3 Å². The highest BCUT2D eigenvalue weighted by Crippen LogP contribution is 2.54. The second-order valence-corrected chi connectivity index (χ2v) is 23.8. The lowest BCUT2D eigenvalue weighted by Gasteiger charge is -2.42. The van der Waals surface area contributed by atoms with E-state index in [9.17, 15) is 0 Å². The second-order valence-electron chi connectivity index (χ2n) is 19.4. The summed E-state index contributed by atoms with van der Waals surface area (Å²) >= 11 is 0. The Morgan fingerprint density at radius 3 is 1.00 bits per heavy atom. The first kappa shape index (κ1) is 36.4. The molecular formula is C58H50N2Si. The molecule has 2 aliphatic carbocycles. The van der Waals surface area contributed by atoms with E-state index in [1.807, 2.05) is 0 Å². The first-order valence-corrected chi connectivity index (χ1v) is 25.0. The third-order valence-electron chi connectivity index (χ3n) is 15.0. The molecule has 0 radical (unpaired) electrons. The summed E-state index contributed by atoms with van der Waals surface area (Å²) in [5.74, 6) is 0. The SMILES string of the molecule is CC1(C)c2ccccc2N(c2ccc3c(c2)-c2cc([Si](C)(C)c4ccc5c(c4)-c4cc(N6c7ccccc7C(C)(C)c7ccccc76)ccc4C5)ccc2C3)c2ccccc21. The molecule has 3 heteroatoms. The zero-order valence-corrected chi connectivity index (χ0v) is 37.0. The molecule has 8 aromatic carbocycles. The summed E-state index contributed by atoms with van der Waals surface area (Å²) in [7, 11) is -2.12. The van der Waals surface area contributed by atoms with E-state index in [0.717, 1.165) is 12.8 Å². The number of benzene rings is 8. The number of nitrogens with zero attached hydrogens (tertiary/aromatic N) is 2. The van der Waals surface area contributed by atoms with Crippen LogP contribution in [0.15, 0.2) is 170 Å². The molecule has 0 fully saturated rings. The van der Waals surface area contributed by atoms with E-state index in [-0.39, 0.29) is 10.8 Å².